The number of halogens is 2. The molecule has 0 fully saturated rings. The first-order valence-electron chi connectivity index (χ1n) is 9.78. The molecule has 164 valence electrons. The molecule has 1 aliphatic rings. The van der Waals surface area contributed by atoms with E-state index in [1.807, 2.05) is 53.8 Å². The van der Waals surface area contributed by atoms with Crippen LogP contribution in [0.3, 0.4) is 0 Å². The largest absolute Gasteiger partial charge is 0.497 e. The molecule has 1 aliphatic carbocycles. The van der Waals surface area contributed by atoms with Crippen molar-refractivity contribution < 1.29 is 33.0 Å². The number of fused-ring (bicyclic) bond motifs is 3. The van der Waals surface area contributed by atoms with Crippen molar-refractivity contribution in [3.63, 3.8) is 0 Å². The summed E-state index contributed by atoms with van der Waals surface area (Å²) in [5.41, 5.74) is 3.20. The number of hydrogen-bond acceptors (Lipinski definition) is 4. The van der Waals surface area contributed by atoms with Gasteiger partial charge in [0, 0.05) is 18.1 Å². The highest BCUT2D eigenvalue weighted by Crippen LogP contribution is 2.44. The Kier molecular flexibility index (Phi) is 5.77. The van der Waals surface area contributed by atoms with Gasteiger partial charge in [0.1, 0.15) is 24.0 Å². The van der Waals surface area contributed by atoms with Gasteiger partial charge in [-0.3, -0.25) is 0 Å². The van der Waals surface area contributed by atoms with Crippen LogP contribution in [-0.2, 0) is 9.53 Å². The van der Waals surface area contributed by atoms with Crippen LogP contribution in [0.5, 0.6) is 5.75 Å². The van der Waals surface area contributed by atoms with E-state index in [-0.39, 0.29) is 18.3 Å². The van der Waals surface area contributed by atoms with Crippen molar-refractivity contribution in [3.05, 3.63) is 89.0 Å². The standard InChI is InChI=1S/C24H19F2NO5/c1-31-13-10-19(25)21(20(26)11-13)22(23(28)29)27-24(30)32-12-18-16-8-4-2-6-14(16)15-7-3-5-9-17(15)18/h2-11,18,22H,12H2,1H3,(H,27,30)(H,28,29). The maximum Gasteiger partial charge on any atom is 0.408 e. The summed E-state index contributed by atoms with van der Waals surface area (Å²) in [4.78, 5) is 24.0. The van der Waals surface area contributed by atoms with E-state index in [0.29, 0.717) is 0 Å². The molecule has 0 aromatic heterocycles. The number of ether oxygens (including phenoxy) is 2. The Hall–Kier alpha value is -3.94. The highest BCUT2D eigenvalue weighted by atomic mass is 19.1. The number of amides is 1. The second-order valence-corrected chi connectivity index (χ2v) is 7.25. The van der Waals surface area contributed by atoms with E-state index in [2.05, 4.69) is 0 Å². The van der Waals surface area contributed by atoms with Crippen LogP contribution in [-0.4, -0.2) is 30.9 Å². The molecule has 0 aliphatic heterocycles. The number of alkyl carbamates (subject to hydrolysis) is 1. The average Bonchev–Trinajstić information content (AvgIpc) is 3.10. The summed E-state index contributed by atoms with van der Waals surface area (Å²) in [6.45, 7) is -0.0697. The van der Waals surface area contributed by atoms with E-state index >= 15 is 0 Å². The number of hydrogen-bond donors (Lipinski definition) is 2. The zero-order valence-corrected chi connectivity index (χ0v) is 17.0. The summed E-state index contributed by atoms with van der Waals surface area (Å²) in [6, 6.07) is 15.1. The molecular formula is C24H19F2NO5. The summed E-state index contributed by atoms with van der Waals surface area (Å²) < 4.78 is 38.7. The lowest BCUT2D eigenvalue weighted by Crippen LogP contribution is -2.36. The van der Waals surface area contributed by atoms with Crippen molar-refractivity contribution in [2.75, 3.05) is 13.7 Å². The van der Waals surface area contributed by atoms with Crippen molar-refractivity contribution in [1.29, 1.82) is 0 Å². The van der Waals surface area contributed by atoms with Crippen molar-refractivity contribution >= 4 is 12.1 Å². The lowest BCUT2D eigenvalue weighted by Gasteiger charge is -2.19. The number of methoxy groups -OCH3 is 1. The third-order valence-corrected chi connectivity index (χ3v) is 5.43. The molecular weight excluding hydrogens is 420 g/mol. The Bertz CT molecular complexity index is 1130. The maximum absolute atomic E-state index is 14.3. The van der Waals surface area contributed by atoms with Gasteiger partial charge < -0.3 is 19.9 Å². The summed E-state index contributed by atoms with van der Waals surface area (Å²) in [5, 5.41) is 11.5. The molecule has 3 aromatic carbocycles. The minimum absolute atomic E-state index is 0.0697. The van der Waals surface area contributed by atoms with Gasteiger partial charge in [-0.05, 0) is 22.3 Å². The zero-order chi connectivity index (χ0) is 22.8. The van der Waals surface area contributed by atoms with Crippen molar-refractivity contribution in [2.24, 2.45) is 0 Å². The van der Waals surface area contributed by atoms with Gasteiger partial charge >= 0.3 is 12.1 Å². The predicted molar refractivity (Wildman–Crippen MR) is 111 cm³/mol. The van der Waals surface area contributed by atoms with Gasteiger partial charge in [0.15, 0.2) is 6.04 Å². The molecule has 0 bridgehead atoms. The molecule has 1 unspecified atom stereocenters. The highest BCUT2D eigenvalue weighted by Gasteiger charge is 2.32. The van der Waals surface area contributed by atoms with E-state index in [0.717, 1.165) is 34.4 Å². The Morgan fingerprint density at radius 3 is 2.03 bits per heavy atom. The quantitative estimate of drug-likeness (QED) is 0.585. The van der Waals surface area contributed by atoms with Crippen LogP contribution >= 0.6 is 0 Å². The number of carbonyl (C=O) groups is 2. The predicted octanol–water partition coefficient (Wildman–Crippen LogP) is 4.64. The first kappa shape index (κ1) is 21.3. The smallest absolute Gasteiger partial charge is 0.408 e. The van der Waals surface area contributed by atoms with Crippen molar-refractivity contribution in [3.8, 4) is 16.9 Å². The fourth-order valence-corrected chi connectivity index (χ4v) is 3.97. The molecule has 0 radical (unpaired) electrons. The lowest BCUT2D eigenvalue weighted by molar-refractivity contribution is -0.139. The second-order valence-electron chi connectivity index (χ2n) is 7.25. The third kappa shape index (κ3) is 3.87. The second kappa shape index (κ2) is 8.66. The van der Waals surface area contributed by atoms with E-state index in [9.17, 15) is 23.5 Å². The van der Waals surface area contributed by atoms with Crippen LogP contribution in [0.2, 0.25) is 0 Å². The lowest BCUT2D eigenvalue weighted by atomic mass is 9.98. The molecule has 3 aromatic rings. The first-order chi connectivity index (χ1) is 15.4. The molecule has 0 saturated carbocycles. The average molecular weight is 439 g/mol. The summed E-state index contributed by atoms with van der Waals surface area (Å²) in [7, 11) is 1.22. The van der Waals surface area contributed by atoms with Crippen LogP contribution in [0.1, 0.15) is 28.7 Å². The zero-order valence-electron chi connectivity index (χ0n) is 17.0. The van der Waals surface area contributed by atoms with Gasteiger partial charge in [0.05, 0.1) is 12.7 Å². The third-order valence-electron chi connectivity index (χ3n) is 5.43. The molecule has 0 saturated heterocycles. The Morgan fingerprint density at radius 1 is 1.00 bits per heavy atom. The molecule has 6 nitrogen and oxygen atoms in total. The molecule has 4 rings (SSSR count). The maximum atomic E-state index is 14.3. The Labute approximate surface area is 182 Å². The topological polar surface area (TPSA) is 84.9 Å². The number of carbonyl (C=O) groups excluding carboxylic acids is 1. The fraction of sp³-hybridized carbons (Fsp3) is 0.167. The Balaban J connectivity index is 1.52. The number of carboxylic acid groups (broad SMARTS) is 1. The van der Waals surface area contributed by atoms with E-state index in [4.69, 9.17) is 9.47 Å². The van der Waals surface area contributed by atoms with Gasteiger partial charge in [-0.15, -0.1) is 0 Å². The minimum Gasteiger partial charge on any atom is -0.497 e. The van der Waals surface area contributed by atoms with Crippen LogP contribution in [0.4, 0.5) is 13.6 Å². The normalized spacial score (nSPS) is 13.1. The molecule has 1 amide bonds. The molecule has 2 N–H and O–H groups in total. The van der Waals surface area contributed by atoms with Crippen LogP contribution in [0, 0.1) is 11.6 Å². The monoisotopic (exact) mass is 439 g/mol. The molecule has 0 heterocycles. The molecule has 8 heteroatoms. The SMILES string of the molecule is COc1cc(F)c(C(NC(=O)OCC2c3ccccc3-c3ccccc32)C(=O)O)c(F)c1. The molecule has 1 atom stereocenters. The van der Waals surface area contributed by atoms with Crippen LogP contribution in [0.25, 0.3) is 11.1 Å². The van der Waals surface area contributed by atoms with Crippen molar-refractivity contribution in [2.45, 2.75) is 12.0 Å². The molecule has 32 heavy (non-hydrogen) atoms. The van der Waals surface area contributed by atoms with Gasteiger partial charge in [-0.25, -0.2) is 18.4 Å². The van der Waals surface area contributed by atoms with E-state index in [1.54, 1.807) is 0 Å². The van der Waals surface area contributed by atoms with Gasteiger partial charge in [-0.2, -0.15) is 0 Å². The number of nitrogens with one attached hydrogen (secondary N) is 1. The number of benzene rings is 3. The molecule has 0 spiro atoms. The van der Waals surface area contributed by atoms with Crippen molar-refractivity contribution in [1.82, 2.24) is 5.32 Å². The highest BCUT2D eigenvalue weighted by molar-refractivity contribution is 5.82. The van der Waals surface area contributed by atoms with Crippen LogP contribution in [0.15, 0.2) is 60.7 Å². The summed E-state index contributed by atoms with van der Waals surface area (Å²) in [6.07, 6.45) is -1.10. The number of aliphatic carboxylic acids is 1. The summed E-state index contributed by atoms with van der Waals surface area (Å²) in [5.74, 6) is -4.32. The fourth-order valence-electron chi connectivity index (χ4n) is 3.97. The van der Waals surface area contributed by atoms with E-state index in [1.165, 1.54) is 7.11 Å². The van der Waals surface area contributed by atoms with Gasteiger partial charge in [0.2, 0.25) is 0 Å². The first-order valence-corrected chi connectivity index (χ1v) is 9.78. The van der Waals surface area contributed by atoms with Crippen LogP contribution < -0.4 is 10.1 Å². The summed E-state index contributed by atoms with van der Waals surface area (Å²) >= 11 is 0. The number of rotatable bonds is 6. The van der Waals surface area contributed by atoms with E-state index < -0.39 is 35.3 Å². The Morgan fingerprint density at radius 2 is 1.53 bits per heavy atom. The number of carboxylic acids is 1. The minimum atomic E-state index is -1.98. The van der Waals surface area contributed by atoms with Gasteiger partial charge in [-0.1, -0.05) is 48.5 Å². The van der Waals surface area contributed by atoms with Gasteiger partial charge in [0.25, 0.3) is 0 Å².